The maximum absolute atomic E-state index is 11.9. The van der Waals surface area contributed by atoms with E-state index in [1.54, 1.807) is 30.3 Å². The number of H-pyrrole nitrogens is 5. The predicted molar refractivity (Wildman–Crippen MR) is 415 cm³/mol. The summed E-state index contributed by atoms with van der Waals surface area (Å²) in [7, 11) is 0. The van der Waals surface area contributed by atoms with Gasteiger partial charge in [0.1, 0.15) is 0 Å². The van der Waals surface area contributed by atoms with Crippen LogP contribution in [-0.4, -0.2) is 24.9 Å². The number of aromatic amines is 5. The highest BCUT2D eigenvalue weighted by atomic mass is 35.5. The minimum atomic E-state index is -0.138. The molecule has 15 heteroatoms. The molecule has 0 atom stereocenters. The second-order valence-electron chi connectivity index (χ2n) is 22.5. The molecule has 0 aliphatic carbocycles. The first kappa shape index (κ1) is 69.7. The summed E-state index contributed by atoms with van der Waals surface area (Å²) in [5, 5.41) is 3.27. The van der Waals surface area contributed by atoms with E-state index in [-0.39, 0.29) is 27.8 Å². The first-order valence-corrected chi connectivity index (χ1v) is 33.3. The van der Waals surface area contributed by atoms with Crippen LogP contribution < -0.4 is 27.8 Å². The summed E-state index contributed by atoms with van der Waals surface area (Å²) < 4.78 is 0. The fourth-order valence-electron chi connectivity index (χ4n) is 10.7. The summed E-state index contributed by atoms with van der Waals surface area (Å²) in [4.78, 5) is 73.5. The van der Waals surface area contributed by atoms with Crippen molar-refractivity contribution >= 4 is 58.0 Å². The molecule has 0 unspecified atom stereocenters. The number of aromatic nitrogens is 5. The van der Waals surface area contributed by atoms with E-state index in [1.807, 2.05) is 303 Å². The van der Waals surface area contributed by atoms with E-state index in [0.717, 1.165) is 112 Å². The zero-order valence-corrected chi connectivity index (χ0v) is 57.0. The summed E-state index contributed by atoms with van der Waals surface area (Å²) in [6.45, 7) is 0. The lowest BCUT2D eigenvalue weighted by Gasteiger charge is -2.07. The Kier molecular flexibility index (Phi) is 23.8. The van der Waals surface area contributed by atoms with Crippen LogP contribution in [0.5, 0.6) is 0 Å². The van der Waals surface area contributed by atoms with Gasteiger partial charge in [0, 0.05) is 89.3 Å². The van der Waals surface area contributed by atoms with Crippen molar-refractivity contribution in [2.24, 2.45) is 0 Å². The fraction of sp³-hybridized carbons (Fsp3) is 0. The van der Waals surface area contributed by atoms with Crippen molar-refractivity contribution in [3.8, 4) is 112 Å². The molecule has 490 valence electrons. The van der Waals surface area contributed by atoms with Gasteiger partial charge in [0.2, 0.25) is 27.8 Å². The molecule has 0 aliphatic rings. The first-order chi connectivity index (χ1) is 48.6. The second-order valence-corrected chi connectivity index (χ2v) is 24.7. The van der Waals surface area contributed by atoms with Gasteiger partial charge in [-0.25, -0.2) is 0 Å². The molecule has 0 saturated carbocycles. The molecule has 0 aliphatic heterocycles. The molecule has 5 aromatic heterocycles. The van der Waals surface area contributed by atoms with E-state index < -0.39 is 0 Å². The Labute approximate surface area is 601 Å². The number of hydrogen-bond donors (Lipinski definition) is 5. The molecule has 0 fully saturated rings. The van der Waals surface area contributed by atoms with Crippen molar-refractivity contribution in [1.29, 1.82) is 0 Å². The van der Waals surface area contributed by atoms with Gasteiger partial charge in [0.25, 0.3) is 0 Å². The SMILES string of the molecule is O=c1cc(-c2ccc(Cl)cc2)cc(-c2ccccc2)[nH]1.O=c1cc(-c2cccc(Cl)c2)cc(-c2ccccc2)[nH]1.O=c1cc(-c2ccccc2)cc(-c2ccc(Cl)cc2)[nH]1.O=c1cc(-c2ccccc2)cc(-c2ccccc2Cl)[nH]1.O=c1cc(-c2ccccc2Cl)cc(-c2ccccc2)[nH]1. The third-order valence-electron chi connectivity index (χ3n) is 15.5. The second kappa shape index (κ2) is 34.1. The molecule has 15 rings (SSSR count). The van der Waals surface area contributed by atoms with Crippen molar-refractivity contribution in [1.82, 2.24) is 24.9 Å². The topological polar surface area (TPSA) is 164 Å². The van der Waals surface area contributed by atoms with Crippen molar-refractivity contribution in [3.63, 3.8) is 0 Å². The lowest BCUT2D eigenvalue weighted by Crippen LogP contribution is -2.05. The van der Waals surface area contributed by atoms with E-state index >= 15 is 0 Å². The van der Waals surface area contributed by atoms with Crippen LogP contribution in [0.25, 0.3) is 112 Å². The summed E-state index contributed by atoms with van der Waals surface area (Å²) in [6, 6.07) is 104. The number of hydrogen-bond acceptors (Lipinski definition) is 5. The number of nitrogens with one attached hydrogen (secondary N) is 5. The number of benzene rings is 10. The van der Waals surface area contributed by atoms with Crippen molar-refractivity contribution in [2.75, 3.05) is 0 Å². The Morgan fingerprint density at radius 2 is 0.430 bits per heavy atom. The Hall–Kier alpha value is -11.6. The third-order valence-corrected chi connectivity index (χ3v) is 16.9. The van der Waals surface area contributed by atoms with Crippen LogP contribution in [0.2, 0.25) is 25.1 Å². The van der Waals surface area contributed by atoms with Gasteiger partial charge in [0.05, 0.1) is 5.69 Å². The minimum Gasteiger partial charge on any atom is -0.322 e. The van der Waals surface area contributed by atoms with Crippen LogP contribution in [0.3, 0.4) is 0 Å². The zero-order chi connectivity index (χ0) is 69.7. The summed E-state index contributed by atoms with van der Waals surface area (Å²) in [6.07, 6.45) is 0. The van der Waals surface area contributed by atoms with Gasteiger partial charge in [-0.15, -0.1) is 0 Å². The average Bonchev–Trinajstić information content (AvgIpc) is 0.847. The molecule has 10 nitrogen and oxygen atoms in total. The maximum atomic E-state index is 11.9. The zero-order valence-electron chi connectivity index (χ0n) is 53.2. The fourth-order valence-corrected chi connectivity index (χ4v) is 11.7. The molecular formula is C85H60Cl5N5O5. The summed E-state index contributed by atoms with van der Waals surface area (Å²) >= 11 is 30.2. The summed E-state index contributed by atoms with van der Waals surface area (Å²) in [5.41, 5.74) is 17.1. The number of pyridine rings is 5. The molecule has 0 spiro atoms. The molecule has 10 aromatic carbocycles. The molecular weight excluding hydrogens is 1350 g/mol. The maximum Gasteiger partial charge on any atom is 0.249 e. The quantitative estimate of drug-likeness (QED) is 0.0919. The molecule has 0 amide bonds. The highest BCUT2D eigenvalue weighted by molar-refractivity contribution is 6.34. The van der Waals surface area contributed by atoms with Gasteiger partial charge in [-0.1, -0.05) is 282 Å². The summed E-state index contributed by atoms with van der Waals surface area (Å²) in [5.74, 6) is 0. The lowest BCUT2D eigenvalue weighted by atomic mass is 10.0. The molecule has 0 bridgehead atoms. The van der Waals surface area contributed by atoms with E-state index in [0.29, 0.717) is 25.1 Å². The predicted octanol–water partition coefficient (Wildman–Crippen LogP) is 21.8. The Morgan fingerprint density at radius 1 is 0.170 bits per heavy atom. The van der Waals surface area contributed by atoms with Gasteiger partial charge in [-0.05, 0) is 151 Å². The van der Waals surface area contributed by atoms with E-state index in [2.05, 4.69) is 24.9 Å². The van der Waals surface area contributed by atoms with Crippen LogP contribution in [0.15, 0.2) is 358 Å². The van der Waals surface area contributed by atoms with Crippen LogP contribution in [-0.2, 0) is 0 Å². The Morgan fingerprint density at radius 3 is 0.800 bits per heavy atom. The van der Waals surface area contributed by atoms with Gasteiger partial charge < -0.3 is 24.9 Å². The Bertz CT molecular complexity index is 5260. The molecule has 5 N–H and O–H groups in total. The normalized spacial score (nSPS) is 10.4. The monoisotopic (exact) mass is 1410 g/mol. The van der Waals surface area contributed by atoms with Crippen molar-refractivity contribution < 1.29 is 0 Å². The first-order valence-electron chi connectivity index (χ1n) is 31.4. The van der Waals surface area contributed by atoms with E-state index in [1.165, 1.54) is 0 Å². The lowest BCUT2D eigenvalue weighted by molar-refractivity contribution is 1.24. The van der Waals surface area contributed by atoms with Crippen molar-refractivity contribution in [3.05, 3.63) is 411 Å². The number of rotatable bonds is 10. The van der Waals surface area contributed by atoms with Crippen molar-refractivity contribution in [2.45, 2.75) is 0 Å². The van der Waals surface area contributed by atoms with E-state index in [4.69, 9.17) is 58.0 Å². The van der Waals surface area contributed by atoms with Crippen LogP contribution in [0, 0.1) is 0 Å². The average molecular weight is 1410 g/mol. The molecule has 100 heavy (non-hydrogen) atoms. The highest BCUT2D eigenvalue weighted by Gasteiger charge is 2.11. The molecule has 15 aromatic rings. The largest absolute Gasteiger partial charge is 0.322 e. The van der Waals surface area contributed by atoms with Gasteiger partial charge in [-0.3, -0.25) is 24.0 Å². The minimum absolute atomic E-state index is 0.115. The van der Waals surface area contributed by atoms with E-state index in [9.17, 15) is 24.0 Å². The van der Waals surface area contributed by atoms with Crippen LogP contribution in [0.4, 0.5) is 0 Å². The van der Waals surface area contributed by atoms with Gasteiger partial charge in [0.15, 0.2) is 0 Å². The highest BCUT2D eigenvalue weighted by Crippen LogP contribution is 2.32. The Balaban J connectivity index is 0.000000126. The molecule has 5 heterocycles. The molecule has 0 saturated heterocycles. The van der Waals surface area contributed by atoms with Gasteiger partial charge >= 0.3 is 0 Å². The van der Waals surface area contributed by atoms with Crippen LogP contribution in [0.1, 0.15) is 0 Å². The van der Waals surface area contributed by atoms with Gasteiger partial charge in [-0.2, -0.15) is 0 Å². The van der Waals surface area contributed by atoms with Crippen LogP contribution >= 0.6 is 58.0 Å². The smallest absolute Gasteiger partial charge is 0.249 e. The third kappa shape index (κ3) is 19.4. The number of halogens is 5. The molecule has 0 radical (unpaired) electrons. The standard InChI is InChI=1S/5C17H12ClNO/c18-15-9-5-4-8-14(15)13-10-16(19-17(20)11-13)12-6-2-1-3-7-12;18-15-9-5-4-8-14(15)16-10-13(11-17(20)19-16)12-6-2-1-3-7-12;18-15-8-4-7-13(9-15)14-10-16(19-17(20)11-14)12-5-2-1-3-6-12;18-15-8-6-12(7-9-15)14-10-16(19-17(20)11-14)13-4-2-1-3-5-13;18-15-8-6-13(7-9-15)16-10-14(11-17(20)19-16)12-4-2-1-3-5-12/h5*1-11H,(H,19,20).